The Morgan fingerprint density at radius 2 is 2.17 bits per heavy atom. The summed E-state index contributed by atoms with van der Waals surface area (Å²) in [6, 6.07) is 7.72. The Kier molecular flexibility index (Phi) is 4.99. The molecular weight excluding hydrogens is 330 g/mol. The minimum absolute atomic E-state index is 0.103. The molecule has 1 aliphatic rings. The van der Waals surface area contributed by atoms with Crippen LogP contribution in [0.15, 0.2) is 29.6 Å². The molecule has 2 heterocycles. The van der Waals surface area contributed by atoms with Gasteiger partial charge in [-0.3, -0.25) is 4.31 Å². The fraction of sp³-hybridized carbons (Fsp3) is 0.438. The maximum Gasteiger partial charge on any atom is 0.236 e. The first-order valence-electron chi connectivity index (χ1n) is 7.82. The monoisotopic (exact) mass is 351 g/mol. The second kappa shape index (κ2) is 6.98. The van der Waals surface area contributed by atoms with Crippen molar-refractivity contribution < 1.29 is 8.42 Å². The van der Waals surface area contributed by atoms with Gasteiger partial charge in [0.05, 0.1) is 22.1 Å². The summed E-state index contributed by atoms with van der Waals surface area (Å²) in [5, 5.41) is 6.32. The first-order chi connectivity index (χ1) is 11.1. The van der Waals surface area contributed by atoms with Crippen LogP contribution in [0, 0.1) is 0 Å². The smallest absolute Gasteiger partial charge is 0.236 e. The van der Waals surface area contributed by atoms with Gasteiger partial charge in [-0.1, -0.05) is 25.1 Å². The van der Waals surface area contributed by atoms with Crippen LogP contribution in [0.5, 0.6) is 0 Å². The van der Waals surface area contributed by atoms with Gasteiger partial charge in [-0.2, -0.15) is 0 Å². The molecule has 0 fully saturated rings. The summed E-state index contributed by atoms with van der Waals surface area (Å²) in [6.45, 7) is 3.67. The molecule has 0 amide bonds. The summed E-state index contributed by atoms with van der Waals surface area (Å²) in [4.78, 5) is 4.47. The van der Waals surface area contributed by atoms with Crippen LogP contribution in [0.25, 0.3) is 0 Å². The highest BCUT2D eigenvalue weighted by Gasteiger charge is 2.28. The highest BCUT2D eigenvalue weighted by atomic mass is 32.2. The fourth-order valence-corrected chi connectivity index (χ4v) is 4.93. The quantitative estimate of drug-likeness (QED) is 0.777. The van der Waals surface area contributed by atoms with Crippen molar-refractivity contribution in [3.8, 4) is 0 Å². The summed E-state index contributed by atoms with van der Waals surface area (Å²) in [7, 11) is -3.27. The van der Waals surface area contributed by atoms with E-state index >= 15 is 0 Å². The van der Waals surface area contributed by atoms with Crippen LogP contribution in [0.3, 0.4) is 0 Å². The number of rotatable bonds is 7. The van der Waals surface area contributed by atoms with E-state index in [0.29, 0.717) is 19.6 Å². The number of aryl methyl sites for hydroxylation is 1. The lowest BCUT2D eigenvalue weighted by Gasteiger charge is -2.19. The normalized spacial score (nSPS) is 14.2. The van der Waals surface area contributed by atoms with E-state index in [2.05, 4.69) is 17.2 Å². The molecule has 7 heteroatoms. The van der Waals surface area contributed by atoms with E-state index in [1.54, 1.807) is 15.6 Å². The maximum absolute atomic E-state index is 12.5. The minimum atomic E-state index is -3.27. The van der Waals surface area contributed by atoms with Crippen LogP contribution in [0.2, 0.25) is 0 Å². The zero-order valence-electron chi connectivity index (χ0n) is 13.2. The van der Waals surface area contributed by atoms with Crippen LogP contribution < -0.4 is 9.62 Å². The van der Waals surface area contributed by atoms with E-state index in [-0.39, 0.29) is 5.75 Å². The second-order valence-electron chi connectivity index (χ2n) is 5.53. The van der Waals surface area contributed by atoms with Gasteiger partial charge in [0, 0.05) is 25.0 Å². The maximum atomic E-state index is 12.5. The van der Waals surface area contributed by atoms with Crippen LogP contribution in [-0.4, -0.2) is 32.2 Å². The van der Waals surface area contributed by atoms with Gasteiger partial charge in [0.15, 0.2) is 0 Å². The second-order valence-corrected chi connectivity index (χ2v) is 8.49. The number of para-hydroxylation sites is 1. The van der Waals surface area contributed by atoms with E-state index in [9.17, 15) is 8.42 Å². The molecule has 2 aromatic rings. The molecule has 0 spiro atoms. The highest BCUT2D eigenvalue weighted by molar-refractivity contribution is 7.92. The van der Waals surface area contributed by atoms with Gasteiger partial charge in [-0.05, 0) is 24.5 Å². The molecule has 1 aromatic heterocycles. The first kappa shape index (κ1) is 16.4. The average molecular weight is 351 g/mol. The van der Waals surface area contributed by atoms with Gasteiger partial charge in [0.2, 0.25) is 10.0 Å². The fourth-order valence-electron chi connectivity index (χ4n) is 2.72. The van der Waals surface area contributed by atoms with Crippen LogP contribution in [-0.2, 0) is 29.4 Å². The molecule has 0 aliphatic carbocycles. The number of sulfonamides is 1. The topological polar surface area (TPSA) is 62.3 Å². The number of thiazole rings is 1. The summed E-state index contributed by atoms with van der Waals surface area (Å²) >= 11 is 1.65. The third kappa shape index (κ3) is 3.73. The number of nitrogens with one attached hydrogen (secondary N) is 1. The Bertz CT molecular complexity index is 771. The lowest BCUT2D eigenvalue weighted by Crippen LogP contribution is -2.35. The van der Waals surface area contributed by atoms with Gasteiger partial charge in [0.25, 0.3) is 0 Å². The molecule has 0 saturated heterocycles. The number of benzene rings is 1. The average Bonchev–Trinajstić information content (AvgIpc) is 3.18. The summed E-state index contributed by atoms with van der Waals surface area (Å²) in [5.74, 6) is 0.103. The molecule has 0 bridgehead atoms. The van der Waals surface area contributed by atoms with Crippen molar-refractivity contribution >= 4 is 27.0 Å². The Morgan fingerprint density at radius 3 is 2.96 bits per heavy atom. The molecule has 1 aromatic carbocycles. The molecular formula is C16H21N3O2S2. The lowest BCUT2D eigenvalue weighted by molar-refractivity contribution is 0.586. The summed E-state index contributed by atoms with van der Waals surface area (Å²) < 4.78 is 26.6. The van der Waals surface area contributed by atoms with Crippen LogP contribution in [0.4, 0.5) is 5.69 Å². The number of hydrogen-bond donors (Lipinski definition) is 1. The van der Waals surface area contributed by atoms with Crippen molar-refractivity contribution in [3.63, 3.8) is 0 Å². The number of anilines is 1. The third-order valence-corrected chi connectivity index (χ3v) is 6.74. The van der Waals surface area contributed by atoms with E-state index in [0.717, 1.165) is 34.8 Å². The molecule has 3 rings (SSSR count). The molecule has 0 radical (unpaired) electrons. The number of fused-ring (bicyclic) bond motifs is 1. The SMILES string of the molecule is CCc1nc(CNCCS(=O)(=O)N2CCc3ccccc32)cs1. The molecule has 23 heavy (non-hydrogen) atoms. The van der Waals surface area contributed by atoms with Crippen LogP contribution in [0.1, 0.15) is 23.2 Å². The molecule has 124 valence electrons. The van der Waals surface area contributed by atoms with Gasteiger partial charge in [0.1, 0.15) is 0 Å². The van der Waals surface area contributed by atoms with Crippen molar-refractivity contribution in [2.45, 2.75) is 26.3 Å². The Balaban J connectivity index is 1.53. The summed E-state index contributed by atoms with van der Waals surface area (Å²) in [6.07, 6.45) is 1.73. The Morgan fingerprint density at radius 1 is 1.35 bits per heavy atom. The summed E-state index contributed by atoms with van der Waals surface area (Å²) in [5.41, 5.74) is 2.92. The lowest BCUT2D eigenvalue weighted by atomic mass is 10.2. The standard InChI is InChI=1S/C16H21N3O2S2/c1-2-16-18-14(12-22-16)11-17-8-10-23(20,21)19-9-7-13-5-3-4-6-15(13)19/h3-6,12,17H,2,7-11H2,1H3. The number of nitrogens with zero attached hydrogens (tertiary/aromatic N) is 2. The van der Waals surface area contributed by atoms with Crippen molar-refractivity contribution in [1.29, 1.82) is 0 Å². The number of hydrogen-bond acceptors (Lipinski definition) is 5. The van der Waals surface area contributed by atoms with Crippen molar-refractivity contribution in [3.05, 3.63) is 45.9 Å². The van der Waals surface area contributed by atoms with Gasteiger partial charge in [-0.15, -0.1) is 11.3 Å². The molecule has 0 atom stereocenters. The minimum Gasteiger partial charge on any atom is -0.310 e. The molecule has 0 unspecified atom stereocenters. The van der Waals surface area contributed by atoms with Crippen molar-refractivity contribution in [2.75, 3.05) is 23.1 Å². The molecule has 1 aliphatic heterocycles. The van der Waals surface area contributed by atoms with Crippen molar-refractivity contribution in [1.82, 2.24) is 10.3 Å². The van der Waals surface area contributed by atoms with Gasteiger partial charge in [-0.25, -0.2) is 13.4 Å². The molecule has 5 nitrogen and oxygen atoms in total. The van der Waals surface area contributed by atoms with E-state index < -0.39 is 10.0 Å². The van der Waals surface area contributed by atoms with E-state index in [1.165, 1.54) is 0 Å². The van der Waals surface area contributed by atoms with E-state index in [4.69, 9.17) is 0 Å². The van der Waals surface area contributed by atoms with Gasteiger partial charge < -0.3 is 5.32 Å². The predicted molar refractivity (Wildman–Crippen MR) is 94.5 cm³/mol. The zero-order chi connectivity index (χ0) is 16.3. The van der Waals surface area contributed by atoms with Gasteiger partial charge >= 0.3 is 0 Å². The Hall–Kier alpha value is -1.44. The van der Waals surface area contributed by atoms with Crippen LogP contribution >= 0.6 is 11.3 Å². The van der Waals surface area contributed by atoms with Crippen molar-refractivity contribution in [2.24, 2.45) is 0 Å². The Labute approximate surface area is 141 Å². The zero-order valence-corrected chi connectivity index (χ0v) is 14.8. The number of aromatic nitrogens is 1. The first-order valence-corrected chi connectivity index (χ1v) is 10.3. The molecule has 0 saturated carbocycles. The predicted octanol–water partition coefficient (Wildman–Crippen LogP) is 2.19. The van der Waals surface area contributed by atoms with E-state index in [1.807, 2.05) is 29.6 Å². The largest absolute Gasteiger partial charge is 0.310 e. The molecule has 1 N–H and O–H groups in total. The highest BCUT2D eigenvalue weighted by Crippen LogP contribution is 2.29. The third-order valence-electron chi connectivity index (χ3n) is 3.92.